The third-order valence-corrected chi connectivity index (χ3v) is 5.78. The molecule has 0 fully saturated rings. The van der Waals surface area contributed by atoms with Crippen LogP contribution in [0.5, 0.6) is 5.75 Å². The third-order valence-electron chi connectivity index (χ3n) is 4.66. The van der Waals surface area contributed by atoms with E-state index in [4.69, 9.17) is 4.74 Å². The van der Waals surface area contributed by atoms with E-state index in [1.807, 2.05) is 0 Å². The summed E-state index contributed by atoms with van der Waals surface area (Å²) < 4.78 is 5.78. The Labute approximate surface area is 167 Å². The normalized spacial score (nSPS) is 11.1. The number of hydrogen-bond donors (Lipinski definition) is 0. The van der Waals surface area contributed by atoms with Crippen LogP contribution in [0.2, 0.25) is 13.1 Å². The molecule has 0 spiro atoms. The molecule has 1 heterocycles. The van der Waals surface area contributed by atoms with Crippen LogP contribution in [0.4, 0.5) is 0 Å². The molecule has 0 aliphatic rings. The first kappa shape index (κ1) is 21.6. The molecule has 2 aromatic rings. The quantitative estimate of drug-likeness (QED) is 0.292. The molecule has 0 aliphatic heterocycles. The van der Waals surface area contributed by atoms with Gasteiger partial charge in [-0.1, -0.05) is 94.8 Å². The van der Waals surface area contributed by atoms with Crippen LogP contribution < -0.4 is 4.74 Å². The molecule has 0 saturated heterocycles. The summed E-state index contributed by atoms with van der Waals surface area (Å²) in [4.78, 5) is 8.93. The van der Waals surface area contributed by atoms with Crippen LogP contribution in [0.25, 0.3) is 11.4 Å². The van der Waals surface area contributed by atoms with Gasteiger partial charge in [0.05, 0.1) is 19.0 Å². The second-order valence-corrected chi connectivity index (χ2v) is 10.4. The molecule has 0 N–H and O–H groups in total. The molecule has 1 aromatic carbocycles. The zero-order valence-electron chi connectivity index (χ0n) is 17.3. The van der Waals surface area contributed by atoms with E-state index in [1.165, 1.54) is 56.6 Å². The molecule has 4 heteroatoms. The number of hydrogen-bond acceptors (Lipinski definition) is 3. The lowest BCUT2D eigenvalue weighted by atomic mass is 10.1. The highest BCUT2D eigenvalue weighted by Gasteiger charge is 2.04. The maximum Gasteiger partial charge on any atom is 0.159 e. The van der Waals surface area contributed by atoms with Crippen molar-refractivity contribution in [2.24, 2.45) is 0 Å². The molecule has 1 radical (unpaired) electrons. The Kier molecular flexibility index (Phi) is 10.1. The van der Waals surface area contributed by atoms with Gasteiger partial charge in [-0.15, -0.1) is 0 Å². The first-order valence-corrected chi connectivity index (χ1v) is 13.2. The van der Waals surface area contributed by atoms with E-state index in [0.29, 0.717) is 0 Å². The number of ether oxygens (including phenoxy) is 1. The molecular weight excluding hydrogens is 348 g/mol. The lowest BCUT2D eigenvalue weighted by molar-refractivity contribution is 0.302. The van der Waals surface area contributed by atoms with Crippen molar-refractivity contribution in [3.05, 3.63) is 42.2 Å². The second-order valence-electron chi connectivity index (χ2n) is 7.65. The molecule has 0 unspecified atom stereocenters. The fraction of sp³-hybridized carbons (Fsp3) is 0.565. The van der Waals surface area contributed by atoms with Gasteiger partial charge in [-0.05, 0) is 12.5 Å². The molecule has 0 saturated carbocycles. The molecular formula is C23H35N2OSi. The highest BCUT2D eigenvalue weighted by atomic mass is 28.3. The number of aromatic nitrogens is 2. The Bertz CT molecular complexity index is 626. The minimum atomic E-state index is -0.237. The summed E-state index contributed by atoms with van der Waals surface area (Å²) in [5.41, 5.74) is 2.47. The number of benzene rings is 1. The minimum absolute atomic E-state index is 0.237. The standard InChI is InChI=1S/C23H35N2OSi/c1-4-5-6-7-8-9-10-11-16-26-22-17-24-23(25-18-22)21-14-12-20(13-15-21)19-27(2)3/h12-15,17-18H,4-11,16,19H2,1-3H3. The topological polar surface area (TPSA) is 35.0 Å². The van der Waals surface area contributed by atoms with Crippen LogP contribution in [0, 0.1) is 0 Å². The van der Waals surface area contributed by atoms with Crippen molar-refractivity contribution in [1.82, 2.24) is 9.97 Å². The number of unbranched alkanes of at least 4 members (excludes halogenated alkanes) is 7. The van der Waals surface area contributed by atoms with Crippen molar-refractivity contribution in [3.8, 4) is 17.1 Å². The Balaban J connectivity index is 1.67. The van der Waals surface area contributed by atoms with Crippen LogP contribution >= 0.6 is 0 Å². The molecule has 147 valence electrons. The summed E-state index contributed by atoms with van der Waals surface area (Å²) in [6, 6.07) is 9.84. The van der Waals surface area contributed by atoms with E-state index in [-0.39, 0.29) is 8.80 Å². The maximum atomic E-state index is 5.78. The van der Waals surface area contributed by atoms with Crippen molar-refractivity contribution in [2.75, 3.05) is 6.61 Å². The first-order chi connectivity index (χ1) is 13.2. The Morgan fingerprint density at radius 2 is 1.41 bits per heavy atom. The Hall–Kier alpha value is -1.68. The number of rotatable bonds is 13. The van der Waals surface area contributed by atoms with Crippen molar-refractivity contribution >= 4 is 8.80 Å². The summed E-state index contributed by atoms with van der Waals surface area (Å²) in [7, 11) is -0.237. The molecule has 0 bridgehead atoms. The predicted molar refractivity (Wildman–Crippen MR) is 117 cm³/mol. The molecule has 3 nitrogen and oxygen atoms in total. The fourth-order valence-electron chi connectivity index (χ4n) is 3.15. The van der Waals surface area contributed by atoms with Crippen LogP contribution in [0.1, 0.15) is 63.9 Å². The second kappa shape index (κ2) is 12.7. The van der Waals surface area contributed by atoms with Crippen LogP contribution in [0.3, 0.4) is 0 Å². The smallest absolute Gasteiger partial charge is 0.159 e. The van der Waals surface area contributed by atoms with E-state index in [1.54, 1.807) is 12.4 Å². The van der Waals surface area contributed by atoms with Gasteiger partial charge in [0.2, 0.25) is 0 Å². The van der Waals surface area contributed by atoms with Gasteiger partial charge in [0, 0.05) is 14.4 Å². The van der Waals surface area contributed by atoms with Crippen LogP contribution in [0.15, 0.2) is 36.7 Å². The lowest BCUT2D eigenvalue weighted by Crippen LogP contribution is -2.05. The van der Waals surface area contributed by atoms with E-state index < -0.39 is 0 Å². The fourth-order valence-corrected chi connectivity index (χ4v) is 4.20. The average Bonchev–Trinajstić information content (AvgIpc) is 2.67. The zero-order chi connectivity index (χ0) is 19.3. The molecule has 0 amide bonds. The molecule has 0 aliphatic carbocycles. The summed E-state index contributed by atoms with van der Waals surface area (Å²) in [5.74, 6) is 1.53. The van der Waals surface area contributed by atoms with Crippen LogP contribution in [-0.2, 0) is 6.04 Å². The van der Waals surface area contributed by atoms with E-state index in [9.17, 15) is 0 Å². The van der Waals surface area contributed by atoms with E-state index >= 15 is 0 Å². The van der Waals surface area contributed by atoms with Crippen molar-refractivity contribution in [3.63, 3.8) is 0 Å². The highest BCUT2D eigenvalue weighted by molar-refractivity contribution is 6.55. The molecule has 0 atom stereocenters. The monoisotopic (exact) mass is 383 g/mol. The van der Waals surface area contributed by atoms with Gasteiger partial charge in [-0.3, -0.25) is 0 Å². The van der Waals surface area contributed by atoms with Gasteiger partial charge in [0.1, 0.15) is 0 Å². The van der Waals surface area contributed by atoms with Gasteiger partial charge < -0.3 is 4.74 Å². The number of nitrogens with zero attached hydrogens (tertiary/aromatic N) is 2. The van der Waals surface area contributed by atoms with Crippen molar-refractivity contribution in [1.29, 1.82) is 0 Å². The van der Waals surface area contributed by atoms with Crippen molar-refractivity contribution < 1.29 is 4.74 Å². The summed E-state index contributed by atoms with van der Waals surface area (Å²) >= 11 is 0. The van der Waals surface area contributed by atoms with Gasteiger partial charge in [0.25, 0.3) is 0 Å². The summed E-state index contributed by atoms with van der Waals surface area (Å²) in [5, 5.41) is 0. The van der Waals surface area contributed by atoms with E-state index in [2.05, 4.69) is 54.3 Å². The zero-order valence-corrected chi connectivity index (χ0v) is 18.3. The first-order valence-electron chi connectivity index (χ1n) is 10.5. The maximum absolute atomic E-state index is 5.78. The highest BCUT2D eigenvalue weighted by Crippen LogP contribution is 2.18. The van der Waals surface area contributed by atoms with Crippen molar-refractivity contribution in [2.45, 2.75) is 77.4 Å². The SMILES string of the molecule is CCCCCCCCCCOc1cnc(-c2ccc(C[Si](C)C)cc2)nc1. The Morgan fingerprint density at radius 1 is 0.815 bits per heavy atom. The van der Waals surface area contributed by atoms with Crippen LogP contribution in [-0.4, -0.2) is 25.4 Å². The molecule has 27 heavy (non-hydrogen) atoms. The van der Waals surface area contributed by atoms with Gasteiger partial charge in [-0.25, -0.2) is 9.97 Å². The average molecular weight is 384 g/mol. The molecule has 1 aromatic heterocycles. The minimum Gasteiger partial charge on any atom is -0.490 e. The van der Waals surface area contributed by atoms with Gasteiger partial charge in [0.15, 0.2) is 11.6 Å². The lowest BCUT2D eigenvalue weighted by Gasteiger charge is -2.07. The summed E-state index contributed by atoms with van der Waals surface area (Å²) in [6.45, 7) is 7.70. The van der Waals surface area contributed by atoms with Gasteiger partial charge >= 0.3 is 0 Å². The largest absolute Gasteiger partial charge is 0.490 e. The summed E-state index contributed by atoms with van der Waals surface area (Å²) in [6.07, 6.45) is 14.1. The van der Waals surface area contributed by atoms with Gasteiger partial charge in [-0.2, -0.15) is 0 Å². The Morgan fingerprint density at radius 3 is 2.00 bits per heavy atom. The third kappa shape index (κ3) is 8.70. The van der Waals surface area contributed by atoms with E-state index in [0.717, 1.165) is 30.2 Å². The molecule has 2 rings (SSSR count). The predicted octanol–water partition coefficient (Wildman–Crippen LogP) is 6.50.